The molecule has 0 aromatic rings. The predicted octanol–water partition coefficient (Wildman–Crippen LogP) is 5.25. The third kappa shape index (κ3) is 8.13. The maximum absolute atomic E-state index is 3.55. The minimum absolute atomic E-state index is 0.411. The van der Waals surface area contributed by atoms with Gasteiger partial charge in [-0.25, -0.2) is 0 Å². The van der Waals surface area contributed by atoms with Gasteiger partial charge in [0.15, 0.2) is 0 Å². The van der Waals surface area contributed by atoms with Crippen molar-refractivity contribution in [3.05, 3.63) is 0 Å². The van der Waals surface area contributed by atoms with Crippen molar-refractivity contribution in [1.29, 1.82) is 0 Å². The zero-order valence-corrected chi connectivity index (χ0v) is 14.2. The Bertz CT molecular complexity index is 215. The first-order valence-corrected chi connectivity index (χ1v) is 7.66. The highest BCUT2D eigenvalue weighted by Gasteiger charge is 2.31. The zero-order chi connectivity index (χ0) is 14.4. The highest BCUT2D eigenvalue weighted by molar-refractivity contribution is 4.82. The Balaban J connectivity index is 3.58. The summed E-state index contributed by atoms with van der Waals surface area (Å²) >= 11 is 0. The van der Waals surface area contributed by atoms with E-state index in [2.05, 4.69) is 60.7 Å². The second kappa shape index (κ2) is 6.93. The van der Waals surface area contributed by atoms with E-state index in [1.54, 1.807) is 0 Å². The fourth-order valence-corrected chi connectivity index (χ4v) is 1.83. The van der Waals surface area contributed by atoms with E-state index in [0.717, 1.165) is 6.54 Å². The third-order valence-electron chi connectivity index (χ3n) is 4.34. The fraction of sp³-hybridized carbons (Fsp3) is 1.00. The van der Waals surface area contributed by atoms with Crippen LogP contribution in [0.15, 0.2) is 0 Å². The summed E-state index contributed by atoms with van der Waals surface area (Å²) in [7, 11) is 0. The molecule has 0 aliphatic rings. The lowest BCUT2D eigenvalue weighted by Gasteiger charge is -2.39. The summed E-state index contributed by atoms with van der Waals surface area (Å²) in [6, 6.07) is 0. The highest BCUT2D eigenvalue weighted by atomic mass is 14.9. The minimum atomic E-state index is 0.411. The molecule has 0 saturated heterocycles. The van der Waals surface area contributed by atoms with E-state index in [1.165, 1.54) is 32.2 Å². The molecule has 0 saturated carbocycles. The SMILES string of the molecule is CC(C)(C)CNCCCCCC(C)(C)C(C)(C)C. The summed E-state index contributed by atoms with van der Waals surface area (Å²) < 4.78 is 0. The highest BCUT2D eigenvalue weighted by Crippen LogP contribution is 2.41. The zero-order valence-electron chi connectivity index (χ0n) is 14.2. The molecule has 0 bridgehead atoms. The van der Waals surface area contributed by atoms with Gasteiger partial charge in [-0.15, -0.1) is 0 Å². The molecule has 0 rings (SSSR count). The first kappa shape index (κ1) is 18.0. The van der Waals surface area contributed by atoms with E-state index in [9.17, 15) is 0 Å². The molecule has 0 radical (unpaired) electrons. The largest absolute Gasteiger partial charge is 0.316 e. The van der Waals surface area contributed by atoms with Crippen LogP contribution in [0.5, 0.6) is 0 Å². The molecule has 1 nitrogen and oxygen atoms in total. The Morgan fingerprint density at radius 3 is 1.72 bits per heavy atom. The molecule has 0 fully saturated rings. The second-order valence-corrected chi connectivity index (χ2v) is 8.68. The molecular weight excluding hydrogens is 218 g/mol. The van der Waals surface area contributed by atoms with Gasteiger partial charge in [0.1, 0.15) is 0 Å². The summed E-state index contributed by atoms with van der Waals surface area (Å²) in [4.78, 5) is 0. The van der Waals surface area contributed by atoms with Crippen molar-refractivity contribution in [3.8, 4) is 0 Å². The monoisotopic (exact) mass is 255 g/mol. The molecule has 1 N–H and O–H groups in total. The predicted molar refractivity (Wildman–Crippen MR) is 84.0 cm³/mol. The van der Waals surface area contributed by atoms with Crippen molar-refractivity contribution in [2.45, 2.75) is 81.1 Å². The van der Waals surface area contributed by atoms with Gasteiger partial charge in [-0.05, 0) is 42.2 Å². The van der Waals surface area contributed by atoms with Crippen LogP contribution in [-0.2, 0) is 0 Å². The summed E-state index contributed by atoms with van der Waals surface area (Å²) in [6.07, 6.45) is 5.38. The summed E-state index contributed by atoms with van der Waals surface area (Å²) in [5, 5.41) is 3.55. The van der Waals surface area contributed by atoms with Crippen molar-refractivity contribution < 1.29 is 0 Å². The van der Waals surface area contributed by atoms with Crippen molar-refractivity contribution >= 4 is 0 Å². The average Bonchev–Trinajstić information content (AvgIpc) is 2.12. The van der Waals surface area contributed by atoms with Gasteiger partial charge in [-0.1, -0.05) is 68.2 Å². The first-order valence-electron chi connectivity index (χ1n) is 7.66. The number of hydrogen-bond donors (Lipinski definition) is 1. The Labute approximate surface area is 116 Å². The Kier molecular flexibility index (Phi) is 6.92. The minimum Gasteiger partial charge on any atom is -0.316 e. The molecule has 0 aromatic heterocycles. The van der Waals surface area contributed by atoms with Crippen LogP contribution in [0.2, 0.25) is 0 Å². The maximum atomic E-state index is 3.55. The van der Waals surface area contributed by atoms with E-state index in [-0.39, 0.29) is 0 Å². The van der Waals surface area contributed by atoms with Crippen LogP contribution in [0, 0.1) is 16.2 Å². The molecule has 0 aliphatic carbocycles. The van der Waals surface area contributed by atoms with E-state index in [0.29, 0.717) is 16.2 Å². The van der Waals surface area contributed by atoms with Gasteiger partial charge in [-0.3, -0.25) is 0 Å². The topological polar surface area (TPSA) is 12.0 Å². The number of rotatable bonds is 7. The fourth-order valence-electron chi connectivity index (χ4n) is 1.83. The summed E-state index contributed by atoms with van der Waals surface area (Å²) in [5.41, 5.74) is 1.28. The van der Waals surface area contributed by atoms with Crippen LogP contribution < -0.4 is 5.32 Å². The quantitative estimate of drug-likeness (QED) is 0.612. The Morgan fingerprint density at radius 1 is 0.722 bits per heavy atom. The molecule has 0 aromatic carbocycles. The second-order valence-electron chi connectivity index (χ2n) is 8.68. The molecule has 0 heterocycles. The molecule has 110 valence electrons. The number of unbranched alkanes of at least 4 members (excludes halogenated alkanes) is 2. The van der Waals surface area contributed by atoms with Gasteiger partial charge in [0.2, 0.25) is 0 Å². The molecule has 0 unspecified atom stereocenters. The average molecular weight is 255 g/mol. The molecule has 18 heavy (non-hydrogen) atoms. The molecule has 1 heteroatoms. The van der Waals surface area contributed by atoms with Crippen molar-refractivity contribution in [1.82, 2.24) is 5.32 Å². The van der Waals surface area contributed by atoms with E-state index in [1.807, 2.05) is 0 Å². The van der Waals surface area contributed by atoms with Gasteiger partial charge in [0, 0.05) is 0 Å². The van der Waals surface area contributed by atoms with E-state index in [4.69, 9.17) is 0 Å². The first-order chi connectivity index (χ1) is 7.96. The van der Waals surface area contributed by atoms with Gasteiger partial charge in [0.25, 0.3) is 0 Å². The molecule has 0 amide bonds. The van der Waals surface area contributed by atoms with Gasteiger partial charge >= 0.3 is 0 Å². The Morgan fingerprint density at radius 2 is 1.28 bits per heavy atom. The normalized spacial score (nSPS) is 14.0. The van der Waals surface area contributed by atoms with Crippen LogP contribution in [-0.4, -0.2) is 13.1 Å². The van der Waals surface area contributed by atoms with Gasteiger partial charge < -0.3 is 5.32 Å². The lowest BCUT2D eigenvalue weighted by molar-refractivity contribution is 0.115. The third-order valence-corrected chi connectivity index (χ3v) is 4.34. The lowest BCUT2D eigenvalue weighted by Crippen LogP contribution is -2.29. The number of nitrogens with one attached hydrogen (secondary N) is 1. The smallest absolute Gasteiger partial charge is 0.0000126 e. The molecular formula is C17H37N. The number of hydrogen-bond acceptors (Lipinski definition) is 1. The van der Waals surface area contributed by atoms with Crippen LogP contribution in [0.1, 0.15) is 81.1 Å². The Hall–Kier alpha value is -0.0400. The standard InChI is InChI=1S/C17H37N/c1-15(2,3)14-18-13-11-9-10-12-17(7,8)16(4,5)6/h18H,9-14H2,1-8H3. The molecule has 0 atom stereocenters. The van der Waals surface area contributed by atoms with Crippen LogP contribution >= 0.6 is 0 Å². The van der Waals surface area contributed by atoms with Crippen molar-refractivity contribution in [3.63, 3.8) is 0 Å². The van der Waals surface area contributed by atoms with Crippen molar-refractivity contribution in [2.24, 2.45) is 16.2 Å². The van der Waals surface area contributed by atoms with Gasteiger partial charge in [0.05, 0.1) is 0 Å². The summed E-state index contributed by atoms with van der Waals surface area (Å²) in [5.74, 6) is 0. The van der Waals surface area contributed by atoms with E-state index < -0.39 is 0 Å². The van der Waals surface area contributed by atoms with Crippen molar-refractivity contribution in [2.75, 3.05) is 13.1 Å². The maximum Gasteiger partial charge on any atom is -0.0000126 e. The van der Waals surface area contributed by atoms with E-state index >= 15 is 0 Å². The molecule has 0 aliphatic heterocycles. The lowest BCUT2D eigenvalue weighted by atomic mass is 9.67. The van der Waals surface area contributed by atoms with Crippen LogP contribution in [0.3, 0.4) is 0 Å². The summed E-state index contributed by atoms with van der Waals surface area (Å²) in [6.45, 7) is 21.0. The van der Waals surface area contributed by atoms with Gasteiger partial charge in [-0.2, -0.15) is 0 Å². The molecule has 0 spiro atoms. The van der Waals surface area contributed by atoms with Crippen LogP contribution in [0.4, 0.5) is 0 Å². The van der Waals surface area contributed by atoms with Crippen LogP contribution in [0.25, 0.3) is 0 Å².